The van der Waals surface area contributed by atoms with Crippen molar-refractivity contribution in [2.45, 2.75) is 52.5 Å². The number of hydrogen-bond acceptors (Lipinski definition) is 4. The molecule has 18 heavy (non-hydrogen) atoms. The summed E-state index contributed by atoms with van der Waals surface area (Å²) in [4.78, 5) is 11.3. The van der Waals surface area contributed by atoms with Gasteiger partial charge in [0.1, 0.15) is 18.0 Å². The summed E-state index contributed by atoms with van der Waals surface area (Å²) in [6, 6.07) is 0.651. The lowest BCUT2D eigenvalue weighted by molar-refractivity contribution is 0.638. The highest BCUT2D eigenvalue weighted by atomic mass is 15.2. The second-order valence-electron chi connectivity index (χ2n) is 5.00. The van der Waals surface area contributed by atoms with Gasteiger partial charge in [0.05, 0.1) is 0 Å². The van der Waals surface area contributed by atoms with Crippen LogP contribution in [0, 0.1) is 6.92 Å². The fraction of sp³-hybridized carbons (Fsp3) is 0.714. The summed E-state index contributed by atoms with van der Waals surface area (Å²) in [5.74, 6) is 2.11. The lowest BCUT2D eigenvalue weighted by atomic mass is 10.1. The van der Waals surface area contributed by atoms with Gasteiger partial charge in [-0.05, 0) is 32.6 Å². The summed E-state index contributed by atoms with van der Waals surface area (Å²) in [6.45, 7) is 8.64. The molecule has 1 unspecified atom stereocenters. The molecule has 0 radical (unpaired) electrons. The Hall–Kier alpha value is -1.32. The van der Waals surface area contributed by atoms with Crippen molar-refractivity contribution in [2.75, 3.05) is 23.3 Å². The largest absolute Gasteiger partial charge is 0.370 e. The number of nitrogens with one attached hydrogen (secondary N) is 1. The first-order valence-electron chi connectivity index (χ1n) is 7.10. The lowest BCUT2D eigenvalue weighted by Crippen LogP contribution is -2.30. The Morgan fingerprint density at radius 3 is 2.94 bits per heavy atom. The predicted molar refractivity (Wildman–Crippen MR) is 76.2 cm³/mol. The van der Waals surface area contributed by atoms with Gasteiger partial charge in [-0.2, -0.15) is 0 Å². The Morgan fingerprint density at radius 2 is 2.22 bits per heavy atom. The van der Waals surface area contributed by atoms with E-state index in [4.69, 9.17) is 0 Å². The van der Waals surface area contributed by atoms with Crippen LogP contribution in [0.3, 0.4) is 0 Å². The van der Waals surface area contributed by atoms with Crippen LogP contribution in [0.15, 0.2) is 6.33 Å². The summed E-state index contributed by atoms with van der Waals surface area (Å²) in [5, 5.41) is 3.38. The van der Waals surface area contributed by atoms with Gasteiger partial charge in [0, 0.05) is 24.7 Å². The summed E-state index contributed by atoms with van der Waals surface area (Å²) < 4.78 is 0. The van der Waals surface area contributed by atoms with Crippen LogP contribution >= 0.6 is 0 Å². The Kier molecular flexibility index (Phi) is 4.39. The average molecular weight is 248 g/mol. The monoisotopic (exact) mass is 248 g/mol. The van der Waals surface area contributed by atoms with E-state index in [0.717, 1.165) is 31.1 Å². The van der Waals surface area contributed by atoms with Crippen molar-refractivity contribution < 1.29 is 0 Å². The summed E-state index contributed by atoms with van der Waals surface area (Å²) >= 11 is 0. The molecule has 0 aromatic carbocycles. The molecule has 1 aliphatic heterocycles. The van der Waals surface area contributed by atoms with E-state index in [9.17, 15) is 0 Å². The van der Waals surface area contributed by atoms with Crippen LogP contribution in [-0.2, 0) is 0 Å². The van der Waals surface area contributed by atoms with Gasteiger partial charge in [0.15, 0.2) is 0 Å². The highest BCUT2D eigenvalue weighted by Gasteiger charge is 2.25. The van der Waals surface area contributed by atoms with Gasteiger partial charge < -0.3 is 10.2 Å². The predicted octanol–water partition coefficient (Wildman–Crippen LogP) is 2.99. The summed E-state index contributed by atoms with van der Waals surface area (Å²) in [6.07, 6.45) is 6.56. The summed E-state index contributed by atoms with van der Waals surface area (Å²) in [5.41, 5.74) is 1.19. The van der Waals surface area contributed by atoms with Gasteiger partial charge in [-0.3, -0.25) is 0 Å². The number of anilines is 2. The Morgan fingerprint density at radius 1 is 1.39 bits per heavy atom. The number of aromatic nitrogens is 2. The van der Waals surface area contributed by atoms with Crippen LogP contribution in [0.25, 0.3) is 0 Å². The molecule has 1 aromatic rings. The van der Waals surface area contributed by atoms with Gasteiger partial charge in [-0.25, -0.2) is 9.97 Å². The molecular formula is C14H24N4. The minimum absolute atomic E-state index is 0.651. The standard InChI is InChI=1S/C14H24N4/c1-4-8-15-13-11(3)14(17-10-16-13)18-9-6-7-12(18)5-2/h10,12H,4-9H2,1-3H3,(H,15,16,17). The molecular weight excluding hydrogens is 224 g/mol. The topological polar surface area (TPSA) is 41.1 Å². The second kappa shape index (κ2) is 6.03. The third-order valence-corrected chi connectivity index (χ3v) is 3.72. The molecule has 1 atom stereocenters. The van der Waals surface area contributed by atoms with E-state index in [-0.39, 0.29) is 0 Å². The highest BCUT2D eigenvalue weighted by Crippen LogP contribution is 2.30. The van der Waals surface area contributed by atoms with Crippen LogP contribution in [0.5, 0.6) is 0 Å². The van der Waals surface area contributed by atoms with Gasteiger partial charge >= 0.3 is 0 Å². The molecule has 1 fully saturated rings. The fourth-order valence-corrected chi connectivity index (χ4v) is 2.69. The van der Waals surface area contributed by atoms with Crippen molar-refractivity contribution in [1.29, 1.82) is 0 Å². The quantitative estimate of drug-likeness (QED) is 0.869. The zero-order chi connectivity index (χ0) is 13.0. The molecule has 2 heterocycles. The van der Waals surface area contributed by atoms with E-state index in [1.165, 1.54) is 24.8 Å². The third kappa shape index (κ3) is 2.57. The second-order valence-corrected chi connectivity index (χ2v) is 5.00. The Labute approximate surface area is 110 Å². The van der Waals surface area contributed by atoms with Gasteiger partial charge in [-0.15, -0.1) is 0 Å². The minimum Gasteiger partial charge on any atom is -0.370 e. The van der Waals surface area contributed by atoms with Crippen molar-refractivity contribution in [3.05, 3.63) is 11.9 Å². The normalized spacial score (nSPS) is 19.3. The van der Waals surface area contributed by atoms with E-state index in [0.29, 0.717) is 6.04 Å². The third-order valence-electron chi connectivity index (χ3n) is 3.72. The maximum absolute atomic E-state index is 4.50. The zero-order valence-electron chi connectivity index (χ0n) is 11.7. The maximum Gasteiger partial charge on any atom is 0.137 e. The molecule has 1 N–H and O–H groups in total. The molecule has 0 aliphatic carbocycles. The number of hydrogen-bond donors (Lipinski definition) is 1. The molecule has 0 spiro atoms. The molecule has 0 bridgehead atoms. The molecule has 4 nitrogen and oxygen atoms in total. The minimum atomic E-state index is 0.651. The van der Waals surface area contributed by atoms with Crippen LogP contribution in [-0.4, -0.2) is 29.1 Å². The van der Waals surface area contributed by atoms with E-state index in [1.54, 1.807) is 6.33 Å². The molecule has 1 saturated heterocycles. The summed E-state index contributed by atoms with van der Waals surface area (Å²) in [7, 11) is 0. The molecule has 4 heteroatoms. The molecule has 0 saturated carbocycles. The van der Waals surface area contributed by atoms with Crippen molar-refractivity contribution in [3.8, 4) is 0 Å². The van der Waals surface area contributed by atoms with Gasteiger partial charge in [-0.1, -0.05) is 13.8 Å². The van der Waals surface area contributed by atoms with Crippen LogP contribution in [0.1, 0.15) is 45.1 Å². The van der Waals surface area contributed by atoms with E-state index in [2.05, 4.69) is 41.0 Å². The SMILES string of the molecule is CCCNc1ncnc(N2CCCC2CC)c1C. The number of rotatable bonds is 5. The molecule has 2 rings (SSSR count). The van der Waals surface area contributed by atoms with Crippen molar-refractivity contribution >= 4 is 11.6 Å². The molecule has 100 valence electrons. The smallest absolute Gasteiger partial charge is 0.137 e. The van der Waals surface area contributed by atoms with E-state index < -0.39 is 0 Å². The number of nitrogens with zero attached hydrogens (tertiary/aromatic N) is 3. The zero-order valence-corrected chi connectivity index (χ0v) is 11.7. The molecule has 1 aliphatic rings. The molecule has 0 amide bonds. The first-order valence-corrected chi connectivity index (χ1v) is 7.10. The lowest BCUT2D eigenvalue weighted by Gasteiger charge is -2.26. The fourth-order valence-electron chi connectivity index (χ4n) is 2.69. The van der Waals surface area contributed by atoms with Crippen LogP contribution in [0.2, 0.25) is 0 Å². The first kappa shape index (κ1) is 13.1. The van der Waals surface area contributed by atoms with Crippen molar-refractivity contribution in [1.82, 2.24) is 9.97 Å². The van der Waals surface area contributed by atoms with Crippen LogP contribution in [0.4, 0.5) is 11.6 Å². The first-order chi connectivity index (χ1) is 8.77. The van der Waals surface area contributed by atoms with Crippen molar-refractivity contribution in [2.24, 2.45) is 0 Å². The van der Waals surface area contributed by atoms with Gasteiger partial charge in [0.2, 0.25) is 0 Å². The van der Waals surface area contributed by atoms with E-state index in [1.807, 2.05) is 0 Å². The maximum atomic E-state index is 4.50. The molecule has 1 aromatic heterocycles. The Bertz CT molecular complexity index is 391. The average Bonchev–Trinajstić information content (AvgIpc) is 2.85. The van der Waals surface area contributed by atoms with Crippen LogP contribution < -0.4 is 10.2 Å². The van der Waals surface area contributed by atoms with Gasteiger partial charge in [0.25, 0.3) is 0 Å². The van der Waals surface area contributed by atoms with E-state index >= 15 is 0 Å². The highest BCUT2D eigenvalue weighted by molar-refractivity contribution is 5.58. The Balaban J connectivity index is 2.22. The van der Waals surface area contributed by atoms with Crippen molar-refractivity contribution in [3.63, 3.8) is 0 Å².